The van der Waals surface area contributed by atoms with Crippen molar-refractivity contribution in [3.05, 3.63) is 24.3 Å². The van der Waals surface area contributed by atoms with Gasteiger partial charge < -0.3 is 0 Å². The first kappa shape index (κ1) is 22.6. The summed E-state index contributed by atoms with van der Waals surface area (Å²) in [6.07, 6.45) is 4.77. The zero-order valence-electron chi connectivity index (χ0n) is 16.4. The van der Waals surface area contributed by atoms with E-state index in [2.05, 4.69) is 0 Å². The normalized spacial score (nSPS) is 21.7. The van der Waals surface area contributed by atoms with Crippen molar-refractivity contribution in [2.24, 2.45) is 0 Å². The molecule has 0 bridgehead atoms. The van der Waals surface area contributed by atoms with Crippen LogP contribution in [0.5, 0.6) is 0 Å². The van der Waals surface area contributed by atoms with Gasteiger partial charge in [0.25, 0.3) is 0 Å². The molecule has 0 unspecified atom stereocenters. The second-order valence-corrected chi connectivity index (χ2v) is 13.2. The smallest absolute Gasteiger partial charge is 0.213 e. The number of hydrogen-bond acceptors (Lipinski definition) is 6. The molecule has 1 aromatic rings. The molecule has 2 fully saturated rings. The van der Waals surface area contributed by atoms with E-state index in [1.54, 1.807) is 0 Å². The second-order valence-electron chi connectivity index (χ2n) is 7.36. The van der Waals surface area contributed by atoms with Gasteiger partial charge in [0.05, 0.1) is 16.0 Å². The Hall–Kier alpha value is -1.05. The SMILES string of the molecule is CS(=O)(=O)N1CCN(S(=O)(=O)c2ccc(S(=O)(=O)N3CCCCCC3)cc2)CC1. The molecule has 0 N–H and O–H groups in total. The number of nitrogens with zero attached hydrogens (tertiary/aromatic N) is 3. The zero-order chi connectivity index (χ0) is 21.3. The van der Waals surface area contributed by atoms with E-state index in [1.165, 1.54) is 37.2 Å². The van der Waals surface area contributed by atoms with E-state index in [9.17, 15) is 25.3 Å². The molecule has 164 valence electrons. The summed E-state index contributed by atoms with van der Waals surface area (Å²) >= 11 is 0. The Balaban J connectivity index is 1.75. The Morgan fingerprint density at radius 2 is 0.897 bits per heavy atom. The highest BCUT2D eigenvalue weighted by Crippen LogP contribution is 2.24. The number of piperazine rings is 1. The van der Waals surface area contributed by atoms with Crippen molar-refractivity contribution < 1.29 is 25.3 Å². The molecule has 9 nitrogen and oxygen atoms in total. The molecule has 12 heteroatoms. The van der Waals surface area contributed by atoms with Crippen LogP contribution in [0.25, 0.3) is 0 Å². The van der Waals surface area contributed by atoms with Gasteiger partial charge in [-0.1, -0.05) is 12.8 Å². The van der Waals surface area contributed by atoms with E-state index < -0.39 is 30.1 Å². The molecule has 2 aliphatic heterocycles. The molecule has 2 aliphatic rings. The quantitative estimate of drug-likeness (QED) is 0.627. The Morgan fingerprint density at radius 1 is 0.552 bits per heavy atom. The summed E-state index contributed by atoms with van der Waals surface area (Å²) < 4.78 is 78.5. The van der Waals surface area contributed by atoms with Gasteiger partial charge in [-0.25, -0.2) is 25.3 Å². The molecular formula is C17H27N3O6S3. The molecule has 0 spiro atoms. The summed E-state index contributed by atoms with van der Waals surface area (Å²) in [7, 11) is -10.8. The Bertz CT molecular complexity index is 1020. The van der Waals surface area contributed by atoms with Crippen LogP contribution in [0.2, 0.25) is 0 Å². The Morgan fingerprint density at radius 3 is 1.28 bits per heavy atom. The molecule has 3 rings (SSSR count). The maximum absolute atomic E-state index is 12.8. The monoisotopic (exact) mass is 465 g/mol. The molecular weight excluding hydrogens is 438 g/mol. The minimum atomic E-state index is -3.82. The Kier molecular flexibility index (Phi) is 6.71. The predicted octanol–water partition coefficient (Wildman–Crippen LogP) is 0.517. The minimum absolute atomic E-state index is 0.000113. The van der Waals surface area contributed by atoms with Crippen LogP contribution in [0.3, 0.4) is 0 Å². The van der Waals surface area contributed by atoms with Crippen molar-refractivity contribution in [1.82, 2.24) is 12.9 Å². The lowest BCUT2D eigenvalue weighted by atomic mass is 10.2. The fourth-order valence-electron chi connectivity index (χ4n) is 3.61. The molecule has 0 saturated carbocycles. The maximum atomic E-state index is 12.8. The lowest BCUT2D eigenvalue weighted by molar-refractivity contribution is 0.274. The maximum Gasteiger partial charge on any atom is 0.243 e. The third-order valence-corrected chi connectivity index (χ3v) is 10.5. The highest BCUT2D eigenvalue weighted by Gasteiger charge is 2.32. The summed E-state index contributed by atoms with van der Waals surface area (Å²) in [5, 5.41) is 0. The fourth-order valence-corrected chi connectivity index (χ4v) is 7.37. The van der Waals surface area contributed by atoms with Crippen molar-refractivity contribution in [2.75, 3.05) is 45.5 Å². The van der Waals surface area contributed by atoms with Gasteiger partial charge in [0, 0.05) is 39.3 Å². The van der Waals surface area contributed by atoms with Crippen molar-refractivity contribution >= 4 is 30.1 Å². The molecule has 2 saturated heterocycles. The van der Waals surface area contributed by atoms with E-state index in [1.807, 2.05) is 0 Å². The number of rotatable bonds is 5. The highest BCUT2D eigenvalue weighted by atomic mass is 32.2. The van der Waals surface area contributed by atoms with E-state index >= 15 is 0 Å². The van der Waals surface area contributed by atoms with Crippen molar-refractivity contribution in [3.63, 3.8) is 0 Å². The lowest BCUT2D eigenvalue weighted by Crippen LogP contribution is -2.50. The van der Waals surface area contributed by atoms with Crippen LogP contribution in [0.15, 0.2) is 34.1 Å². The molecule has 0 radical (unpaired) electrons. The van der Waals surface area contributed by atoms with Crippen LogP contribution in [0, 0.1) is 0 Å². The molecule has 0 atom stereocenters. The topological polar surface area (TPSA) is 112 Å². The Labute approximate surface area is 173 Å². The molecule has 0 aliphatic carbocycles. The van der Waals surface area contributed by atoms with E-state index in [-0.39, 0.29) is 36.0 Å². The molecule has 0 aromatic heterocycles. The van der Waals surface area contributed by atoms with Crippen molar-refractivity contribution in [3.8, 4) is 0 Å². The first-order chi connectivity index (χ1) is 13.5. The summed E-state index contributed by atoms with van der Waals surface area (Å²) in [5.41, 5.74) is 0. The number of benzene rings is 1. The van der Waals surface area contributed by atoms with E-state index in [0.29, 0.717) is 13.1 Å². The highest BCUT2D eigenvalue weighted by molar-refractivity contribution is 7.89. The number of hydrogen-bond donors (Lipinski definition) is 0. The predicted molar refractivity (Wildman–Crippen MR) is 109 cm³/mol. The van der Waals surface area contributed by atoms with Gasteiger partial charge in [0.2, 0.25) is 30.1 Å². The van der Waals surface area contributed by atoms with Gasteiger partial charge in [-0.15, -0.1) is 0 Å². The van der Waals surface area contributed by atoms with Gasteiger partial charge in [0.15, 0.2) is 0 Å². The van der Waals surface area contributed by atoms with Gasteiger partial charge >= 0.3 is 0 Å². The minimum Gasteiger partial charge on any atom is -0.213 e. The average molecular weight is 466 g/mol. The van der Waals surface area contributed by atoms with Crippen LogP contribution in [0.1, 0.15) is 25.7 Å². The van der Waals surface area contributed by atoms with Crippen LogP contribution < -0.4 is 0 Å². The fraction of sp³-hybridized carbons (Fsp3) is 0.647. The third-order valence-electron chi connectivity index (χ3n) is 5.33. The van der Waals surface area contributed by atoms with Crippen molar-refractivity contribution in [1.29, 1.82) is 0 Å². The van der Waals surface area contributed by atoms with Crippen LogP contribution in [0.4, 0.5) is 0 Å². The van der Waals surface area contributed by atoms with Gasteiger partial charge in [-0.2, -0.15) is 12.9 Å². The summed E-state index contributed by atoms with van der Waals surface area (Å²) in [4.78, 5) is 0.0837. The van der Waals surface area contributed by atoms with Crippen molar-refractivity contribution in [2.45, 2.75) is 35.5 Å². The number of sulfonamides is 3. The lowest BCUT2D eigenvalue weighted by Gasteiger charge is -2.32. The molecule has 29 heavy (non-hydrogen) atoms. The first-order valence-electron chi connectivity index (χ1n) is 9.58. The van der Waals surface area contributed by atoms with Gasteiger partial charge in [0.1, 0.15) is 0 Å². The second kappa shape index (κ2) is 8.60. The van der Waals surface area contributed by atoms with Gasteiger partial charge in [-0.3, -0.25) is 0 Å². The molecule has 2 heterocycles. The average Bonchev–Trinajstić information content (AvgIpc) is 2.97. The summed E-state index contributed by atoms with van der Waals surface area (Å²) in [5.74, 6) is 0. The van der Waals surface area contributed by atoms with Crippen LogP contribution in [-0.4, -0.2) is 83.7 Å². The molecule has 0 amide bonds. The zero-order valence-corrected chi connectivity index (χ0v) is 18.8. The van der Waals surface area contributed by atoms with E-state index in [0.717, 1.165) is 31.9 Å². The third kappa shape index (κ3) is 5.00. The summed E-state index contributed by atoms with van der Waals surface area (Å²) in [6.45, 7) is 1.27. The summed E-state index contributed by atoms with van der Waals surface area (Å²) in [6, 6.07) is 5.28. The largest absolute Gasteiger partial charge is 0.243 e. The van der Waals surface area contributed by atoms with Crippen LogP contribution in [-0.2, 0) is 30.1 Å². The van der Waals surface area contributed by atoms with E-state index in [4.69, 9.17) is 0 Å². The van der Waals surface area contributed by atoms with Crippen LogP contribution >= 0.6 is 0 Å². The first-order valence-corrected chi connectivity index (χ1v) is 14.3. The standard InChI is InChI=1S/C17H27N3O6S3/c1-27(21,22)18-12-14-20(15-13-18)29(25,26)17-8-6-16(7-9-17)28(23,24)19-10-4-2-3-5-11-19/h6-9H,2-5,10-15H2,1H3. The molecule has 1 aromatic carbocycles. The van der Waals surface area contributed by atoms with Gasteiger partial charge in [-0.05, 0) is 37.1 Å².